The topological polar surface area (TPSA) is 153 Å². The Labute approximate surface area is 172 Å². The molecule has 0 saturated heterocycles. The van der Waals surface area contributed by atoms with Crippen molar-refractivity contribution in [2.75, 3.05) is 0 Å². The van der Waals surface area contributed by atoms with Crippen molar-refractivity contribution in [1.82, 2.24) is 5.32 Å². The Morgan fingerprint density at radius 1 is 0.833 bits per heavy atom. The molecule has 3 aromatic carbocycles. The van der Waals surface area contributed by atoms with Gasteiger partial charge in [-0.05, 0) is 36.8 Å². The molecule has 3 rings (SSSR count). The first kappa shape index (κ1) is 22.1. The van der Waals surface area contributed by atoms with E-state index in [2.05, 4.69) is 5.32 Å². The van der Waals surface area contributed by atoms with Gasteiger partial charge in [-0.1, -0.05) is 42.0 Å². The lowest BCUT2D eigenvalue weighted by Gasteiger charge is -2.08. The van der Waals surface area contributed by atoms with Gasteiger partial charge >= 0.3 is 0 Å². The van der Waals surface area contributed by atoms with Crippen LogP contribution in [0.5, 0.6) is 23.0 Å². The van der Waals surface area contributed by atoms with Crippen LogP contribution < -0.4 is 11.1 Å². The second kappa shape index (κ2) is 9.83. The van der Waals surface area contributed by atoms with Gasteiger partial charge < -0.3 is 31.5 Å². The van der Waals surface area contributed by atoms with Gasteiger partial charge in [0.15, 0.2) is 23.0 Å². The summed E-state index contributed by atoms with van der Waals surface area (Å²) in [4.78, 5) is 22.4. The normalized spacial score (nSPS) is 9.90. The van der Waals surface area contributed by atoms with Crippen LogP contribution in [0.15, 0.2) is 60.7 Å². The molecule has 0 atom stereocenters. The van der Waals surface area contributed by atoms with E-state index in [0.29, 0.717) is 6.54 Å². The molecule has 0 aliphatic heterocycles. The zero-order chi connectivity index (χ0) is 22.3. The quantitative estimate of drug-likeness (QED) is 0.363. The van der Waals surface area contributed by atoms with Crippen molar-refractivity contribution in [3.63, 3.8) is 0 Å². The van der Waals surface area contributed by atoms with E-state index in [1.165, 1.54) is 36.4 Å². The summed E-state index contributed by atoms with van der Waals surface area (Å²) in [5.74, 6) is -2.71. The van der Waals surface area contributed by atoms with E-state index in [1.54, 1.807) is 0 Å². The fraction of sp³-hybridized carbons (Fsp3) is 0.0909. The third kappa shape index (κ3) is 5.65. The third-order valence-electron chi connectivity index (χ3n) is 4.08. The molecular weight excluding hydrogens is 388 g/mol. The van der Waals surface area contributed by atoms with Crippen molar-refractivity contribution in [2.24, 2.45) is 5.73 Å². The maximum Gasteiger partial charge on any atom is 0.255 e. The zero-order valence-corrected chi connectivity index (χ0v) is 16.2. The first-order valence-corrected chi connectivity index (χ1v) is 8.86. The molecule has 0 radical (unpaired) electrons. The number of aromatic hydroxyl groups is 4. The number of rotatable bonds is 4. The highest BCUT2D eigenvalue weighted by Crippen LogP contribution is 2.28. The molecule has 156 valence electrons. The second-order valence-electron chi connectivity index (χ2n) is 6.38. The highest BCUT2D eigenvalue weighted by atomic mass is 16.3. The summed E-state index contributed by atoms with van der Waals surface area (Å²) in [6.07, 6.45) is 0. The molecule has 0 spiro atoms. The Hall–Kier alpha value is -4.20. The lowest BCUT2D eigenvalue weighted by molar-refractivity contribution is 0.0946. The Bertz CT molecular complexity index is 1070. The lowest BCUT2D eigenvalue weighted by Crippen LogP contribution is -2.22. The lowest BCUT2D eigenvalue weighted by atomic mass is 10.1. The number of para-hydroxylation sites is 2. The van der Waals surface area contributed by atoms with Crippen LogP contribution in [0.3, 0.4) is 0 Å². The number of carbonyl (C=O) groups is 2. The Balaban J connectivity index is 0.000000248. The monoisotopic (exact) mass is 410 g/mol. The first-order chi connectivity index (χ1) is 14.2. The highest BCUT2D eigenvalue weighted by molar-refractivity contribution is 5.97. The molecule has 30 heavy (non-hydrogen) atoms. The maximum atomic E-state index is 11.9. The third-order valence-corrected chi connectivity index (χ3v) is 4.08. The minimum absolute atomic E-state index is 0.0626. The minimum Gasteiger partial charge on any atom is -0.504 e. The largest absolute Gasteiger partial charge is 0.504 e. The molecule has 8 nitrogen and oxygen atoms in total. The van der Waals surface area contributed by atoms with E-state index in [-0.39, 0.29) is 22.6 Å². The summed E-state index contributed by atoms with van der Waals surface area (Å²) >= 11 is 0. The maximum absolute atomic E-state index is 11.9. The molecule has 0 bridgehead atoms. The van der Waals surface area contributed by atoms with Crippen LogP contribution in [-0.2, 0) is 6.54 Å². The molecule has 0 heterocycles. The van der Waals surface area contributed by atoms with Crippen molar-refractivity contribution in [2.45, 2.75) is 13.5 Å². The standard InChI is InChI=1S/C15H15NO3.C7H7NO3/c1-10-4-2-5-11(8-10)9-16-15(19)12-6-3-7-13(17)14(12)18;8-7(11)4-2-1-3-5(9)6(4)10/h2-8,17-18H,9H2,1H3,(H,16,19);1-3,9-10H,(H2,8,11). The summed E-state index contributed by atoms with van der Waals surface area (Å²) in [5.41, 5.74) is 6.95. The molecule has 3 aromatic rings. The van der Waals surface area contributed by atoms with Crippen molar-refractivity contribution in [3.8, 4) is 23.0 Å². The van der Waals surface area contributed by atoms with Gasteiger partial charge in [0, 0.05) is 6.54 Å². The molecule has 0 saturated carbocycles. The zero-order valence-electron chi connectivity index (χ0n) is 16.2. The van der Waals surface area contributed by atoms with E-state index in [9.17, 15) is 19.8 Å². The average Bonchev–Trinajstić information content (AvgIpc) is 2.70. The number of aryl methyl sites for hydroxylation is 1. The van der Waals surface area contributed by atoms with Gasteiger partial charge in [0.05, 0.1) is 11.1 Å². The molecule has 0 aliphatic rings. The summed E-state index contributed by atoms with van der Waals surface area (Å²) < 4.78 is 0. The Morgan fingerprint density at radius 3 is 1.90 bits per heavy atom. The number of hydrogen-bond acceptors (Lipinski definition) is 6. The van der Waals surface area contributed by atoms with E-state index in [4.69, 9.17) is 15.9 Å². The van der Waals surface area contributed by atoms with Crippen LogP contribution >= 0.6 is 0 Å². The van der Waals surface area contributed by atoms with E-state index in [0.717, 1.165) is 11.1 Å². The van der Waals surface area contributed by atoms with Crippen LogP contribution in [0, 0.1) is 6.92 Å². The predicted octanol–water partition coefficient (Wildman–Crippen LogP) is 2.53. The summed E-state index contributed by atoms with van der Waals surface area (Å²) in [5, 5.41) is 39.5. The number of amides is 2. The highest BCUT2D eigenvalue weighted by Gasteiger charge is 2.13. The fourth-order valence-electron chi connectivity index (χ4n) is 2.54. The number of phenols is 4. The number of primary amides is 1. The molecular formula is C22H22N2O6. The first-order valence-electron chi connectivity index (χ1n) is 8.86. The summed E-state index contributed by atoms with van der Waals surface area (Å²) in [6, 6.07) is 16.1. The Kier molecular flexibility index (Phi) is 7.24. The van der Waals surface area contributed by atoms with E-state index >= 15 is 0 Å². The van der Waals surface area contributed by atoms with Gasteiger partial charge in [0.1, 0.15) is 0 Å². The SMILES string of the molecule is Cc1cccc(CNC(=O)c2cccc(O)c2O)c1.NC(=O)c1cccc(O)c1O. The fourth-order valence-corrected chi connectivity index (χ4v) is 2.54. The molecule has 0 aliphatic carbocycles. The van der Waals surface area contributed by atoms with Crippen LogP contribution in [0.4, 0.5) is 0 Å². The summed E-state index contributed by atoms with van der Waals surface area (Å²) in [7, 11) is 0. The van der Waals surface area contributed by atoms with Gasteiger partial charge in [-0.3, -0.25) is 9.59 Å². The number of hydrogen-bond donors (Lipinski definition) is 6. The van der Waals surface area contributed by atoms with Gasteiger partial charge in [-0.15, -0.1) is 0 Å². The van der Waals surface area contributed by atoms with Crippen molar-refractivity contribution in [1.29, 1.82) is 0 Å². The van der Waals surface area contributed by atoms with Gasteiger partial charge in [-0.25, -0.2) is 0 Å². The smallest absolute Gasteiger partial charge is 0.255 e. The Morgan fingerprint density at radius 2 is 1.37 bits per heavy atom. The van der Waals surface area contributed by atoms with Crippen LogP contribution in [0.25, 0.3) is 0 Å². The van der Waals surface area contributed by atoms with Gasteiger partial charge in [0.2, 0.25) is 0 Å². The van der Waals surface area contributed by atoms with Crippen LogP contribution in [0.1, 0.15) is 31.8 Å². The molecule has 8 heteroatoms. The van der Waals surface area contributed by atoms with E-state index < -0.39 is 23.3 Å². The van der Waals surface area contributed by atoms with E-state index in [1.807, 2.05) is 31.2 Å². The van der Waals surface area contributed by atoms with Crippen molar-refractivity contribution >= 4 is 11.8 Å². The van der Waals surface area contributed by atoms with Gasteiger partial charge in [-0.2, -0.15) is 0 Å². The number of phenolic OH excluding ortho intramolecular Hbond substituents is 3. The second-order valence-corrected chi connectivity index (χ2v) is 6.38. The molecule has 2 amide bonds. The molecule has 0 unspecified atom stereocenters. The molecule has 0 fully saturated rings. The van der Waals surface area contributed by atoms with Gasteiger partial charge in [0.25, 0.3) is 11.8 Å². The number of nitrogens with one attached hydrogen (secondary N) is 1. The minimum atomic E-state index is -0.765. The number of carbonyl (C=O) groups excluding carboxylic acids is 2. The van der Waals surface area contributed by atoms with Crippen LogP contribution in [0.2, 0.25) is 0 Å². The number of nitrogens with two attached hydrogens (primary N) is 1. The summed E-state index contributed by atoms with van der Waals surface area (Å²) in [6.45, 7) is 2.35. The van der Waals surface area contributed by atoms with Crippen molar-refractivity contribution < 1.29 is 30.0 Å². The molecule has 7 N–H and O–H groups in total. The average molecular weight is 410 g/mol. The predicted molar refractivity (Wildman–Crippen MR) is 110 cm³/mol. The van der Waals surface area contributed by atoms with Crippen LogP contribution in [-0.4, -0.2) is 32.2 Å². The number of benzene rings is 3. The van der Waals surface area contributed by atoms with Crippen molar-refractivity contribution in [3.05, 3.63) is 82.9 Å². The molecule has 0 aromatic heterocycles.